The third-order valence-electron chi connectivity index (χ3n) is 4.48. The largest absolute Gasteiger partial charge is 0.352 e. The van der Waals surface area contributed by atoms with Gasteiger partial charge in [0.1, 0.15) is 17.6 Å². The van der Waals surface area contributed by atoms with Crippen LogP contribution in [-0.4, -0.2) is 51.8 Å². The van der Waals surface area contributed by atoms with Crippen molar-refractivity contribution in [2.75, 3.05) is 31.1 Å². The molecule has 1 aliphatic rings. The van der Waals surface area contributed by atoms with E-state index in [1.165, 1.54) is 0 Å². The summed E-state index contributed by atoms with van der Waals surface area (Å²) in [5.74, 6) is 0.987. The molecule has 2 aromatic rings. The van der Waals surface area contributed by atoms with E-state index in [9.17, 15) is 10.1 Å². The molecule has 1 amide bonds. The third kappa shape index (κ3) is 3.33. The summed E-state index contributed by atoms with van der Waals surface area (Å²) in [4.78, 5) is 21.0. The zero-order valence-corrected chi connectivity index (χ0v) is 14.8. The molecule has 0 atom stereocenters. The molecule has 130 valence electrons. The zero-order chi connectivity index (χ0) is 18.0. The van der Waals surface area contributed by atoms with Crippen LogP contribution in [0, 0.1) is 11.3 Å². The number of hydrogen-bond acceptors (Lipinski definition) is 5. The van der Waals surface area contributed by atoms with E-state index in [1.807, 2.05) is 18.0 Å². The number of carbonyl (C=O) groups excluding carboxylic acids is 1. The molecule has 3 heterocycles. The summed E-state index contributed by atoms with van der Waals surface area (Å²) in [7, 11) is 1.81. The summed E-state index contributed by atoms with van der Waals surface area (Å²) in [5.41, 5.74) is 2.11. The van der Waals surface area contributed by atoms with Crippen molar-refractivity contribution in [1.82, 2.24) is 19.7 Å². The molecule has 0 unspecified atom stereocenters. The van der Waals surface area contributed by atoms with Gasteiger partial charge in [-0.1, -0.05) is 13.8 Å². The van der Waals surface area contributed by atoms with E-state index < -0.39 is 0 Å². The minimum Gasteiger partial charge on any atom is -0.352 e. The molecule has 25 heavy (non-hydrogen) atoms. The first-order chi connectivity index (χ1) is 12.0. The van der Waals surface area contributed by atoms with Gasteiger partial charge in [-0.2, -0.15) is 10.4 Å². The Morgan fingerprint density at radius 2 is 2.00 bits per heavy atom. The highest BCUT2D eigenvalue weighted by atomic mass is 16.2. The highest BCUT2D eigenvalue weighted by Crippen LogP contribution is 2.20. The molecule has 0 N–H and O–H groups in total. The van der Waals surface area contributed by atoms with E-state index >= 15 is 0 Å². The van der Waals surface area contributed by atoms with Gasteiger partial charge in [-0.15, -0.1) is 0 Å². The maximum absolute atomic E-state index is 12.8. The number of aromatic nitrogens is 3. The second-order valence-corrected chi connectivity index (χ2v) is 6.50. The molecule has 0 radical (unpaired) electrons. The van der Waals surface area contributed by atoms with Gasteiger partial charge in [0.2, 0.25) is 0 Å². The second kappa shape index (κ2) is 6.93. The predicted octanol–water partition coefficient (Wildman–Crippen LogP) is 1.77. The van der Waals surface area contributed by atoms with Crippen molar-refractivity contribution in [3.05, 3.63) is 41.3 Å². The molecule has 0 bridgehead atoms. The van der Waals surface area contributed by atoms with Gasteiger partial charge < -0.3 is 9.80 Å². The van der Waals surface area contributed by atoms with Crippen molar-refractivity contribution in [1.29, 1.82) is 5.26 Å². The van der Waals surface area contributed by atoms with Crippen molar-refractivity contribution in [3.63, 3.8) is 0 Å². The van der Waals surface area contributed by atoms with E-state index in [2.05, 4.69) is 34.9 Å². The Labute approximate surface area is 147 Å². The van der Waals surface area contributed by atoms with Gasteiger partial charge in [-0.05, 0) is 24.1 Å². The average molecular weight is 338 g/mol. The zero-order valence-electron chi connectivity index (χ0n) is 14.8. The molecule has 1 fully saturated rings. The highest BCUT2D eigenvalue weighted by Gasteiger charge is 2.26. The smallest absolute Gasteiger partial charge is 0.272 e. The lowest BCUT2D eigenvalue weighted by Crippen LogP contribution is -2.49. The van der Waals surface area contributed by atoms with E-state index in [0.29, 0.717) is 43.3 Å². The van der Waals surface area contributed by atoms with Crippen LogP contribution in [0.25, 0.3) is 0 Å². The van der Waals surface area contributed by atoms with Crippen molar-refractivity contribution >= 4 is 11.7 Å². The quantitative estimate of drug-likeness (QED) is 0.852. The summed E-state index contributed by atoms with van der Waals surface area (Å²) in [5, 5.41) is 13.6. The molecule has 7 heteroatoms. The van der Waals surface area contributed by atoms with Crippen LogP contribution in [0.5, 0.6) is 0 Å². The van der Waals surface area contributed by atoms with E-state index in [-0.39, 0.29) is 11.8 Å². The van der Waals surface area contributed by atoms with Crippen molar-refractivity contribution in [3.8, 4) is 6.07 Å². The third-order valence-corrected chi connectivity index (χ3v) is 4.48. The van der Waals surface area contributed by atoms with Gasteiger partial charge in [-0.3, -0.25) is 9.48 Å². The molecule has 7 nitrogen and oxygen atoms in total. The molecule has 2 aromatic heterocycles. The summed E-state index contributed by atoms with van der Waals surface area (Å²) in [6.45, 7) is 6.65. The fourth-order valence-electron chi connectivity index (χ4n) is 2.99. The van der Waals surface area contributed by atoms with Crippen LogP contribution in [0.15, 0.2) is 24.4 Å². The van der Waals surface area contributed by atoms with Crippen molar-refractivity contribution in [2.45, 2.75) is 19.8 Å². The number of nitriles is 1. The Morgan fingerprint density at radius 3 is 2.60 bits per heavy atom. The first-order valence-corrected chi connectivity index (χ1v) is 8.44. The number of amides is 1. The van der Waals surface area contributed by atoms with Crippen LogP contribution in [0.1, 0.15) is 41.5 Å². The molecule has 3 rings (SSSR count). The van der Waals surface area contributed by atoms with Crippen LogP contribution in [-0.2, 0) is 7.05 Å². The fraction of sp³-hybridized carbons (Fsp3) is 0.444. The summed E-state index contributed by atoms with van der Waals surface area (Å²) < 4.78 is 1.66. The normalized spacial score (nSPS) is 14.7. The Hall–Kier alpha value is -2.88. The van der Waals surface area contributed by atoms with Crippen LogP contribution in [0.2, 0.25) is 0 Å². The number of aryl methyl sites for hydroxylation is 1. The summed E-state index contributed by atoms with van der Waals surface area (Å²) in [6, 6.07) is 7.59. The van der Waals surface area contributed by atoms with Gasteiger partial charge in [0.15, 0.2) is 0 Å². The predicted molar refractivity (Wildman–Crippen MR) is 94.4 cm³/mol. The van der Waals surface area contributed by atoms with Crippen molar-refractivity contribution in [2.24, 2.45) is 7.05 Å². The number of hydrogen-bond donors (Lipinski definition) is 0. The molecule has 0 aliphatic carbocycles. The maximum Gasteiger partial charge on any atom is 0.272 e. The van der Waals surface area contributed by atoms with Gasteiger partial charge >= 0.3 is 0 Å². The maximum atomic E-state index is 12.8. The Bertz CT molecular complexity index is 811. The molecule has 1 aliphatic heterocycles. The molecule has 0 spiro atoms. The Morgan fingerprint density at radius 1 is 1.28 bits per heavy atom. The van der Waals surface area contributed by atoms with Crippen molar-refractivity contribution < 1.29 is 4.79 Å². The van der Waals surface area contributed by atoms with Gasteiger partial charge in [0.05, 0.1) is 11.3 Å². The van der Waals surface area contributed by atoms with Crippen LogP contribution >= 0.6 is 0 Å². The molecule has 1 saturated heterocycles. The van der Waals surface area contributed by atoms with Gasteiger partial charge in [0, 0.05) is 39.4 Å². The molecule has 0 saturated carbocycles. The topological polar surface area (TPSA) is 78.0 Å². The van der Waals surface area contributed by atoms with E-state index in [0.717, 1.165) is 5.69 Å². The standard InChI is InChI=1S/C18H22N6O/c1-13(2)15-11-16(22(3)21-15)18(25)24-9-7-23(8-10-24)17-14(12-19)5-4-6-20-17/h4-6,11,13H,7-10H2,1-3H3. The first-order valence-electron chi connectivity index (χ1n) is 8.44. The highest BCUT2D eigenvalue weighted by molar-refractivity contribution is 5.93. The minimum atomic E-state index is 0.00285. The summed E-state index contributed by atoms with van der Waals surface area (Å²) >= 11 is 0. The van der Waals surface area contributed by atoms with Crippen LogP contribution < -0.4 is 4.90 Å². The SMILES string of the molecule is CC(C)c1cc(C(=O)N2CCN(c3ncccc3C#N)CC2)n(C)n1. The number of rotatable bonds is 3. The minimum absolute atomic E-state index is 0.00285. The lowest BCUT2D eigenvalue weighted by Gasteiger charge is -2.35. The monoisotopic (exact) mass is 338 g/mol. The van der Waals surface area contributed by atoms with Crippen LogP contribution in [0.4, 0.5) is 5.82 Å². The lowest BCUT2D eigenvalue weighted by molar-refractivity contribution is 0.0735. The Balaban J connectivity index is 1.70. The second-order valence-electron chi connectivity index (χ2n) is 6.50. The number of anilines is 1. The number of piperazine rings is 1. The van der Waals surface area contributed by atoms with Gasteiger partial charge in [0.25, 0.3) is 5.91 Å². The molecular formula is C18H22N6O. The number of nitrogens with zero attached hydrogens (tertiary/aromatic N) is 6. The van der Waals surface area contributed by atoms with E-state index in [1.54, 1.807) is 23.0 Å². The lowest BCUT2D eigenvalue weighted by atomic mass is 10.1. The van der Waals surface area contributed by atoms with Gasteiger partial charge in [-0.25, -0.2) is 4.98 Å². The van der Waals surface area contributed by atoms with E-state index in [4.69, 9.17) is 0 Å². The number of pyridine rings is 1. The fourth-order valence-corrected chi connectivity index (χ4v) is 2.99. The molecule has 0 aromatic carbocycles. The Kier molecular flexibility index (Phi) is 4.70. The molecular weight excluding hydrogens is 316 g/mol. The first kappa shape index (κ1) is 17.0. The number of carbonyl (C=O) groups is 1. The van der Waals surface area contributed by atoms with Crippen LogP contribution in [0.3, 0.4) is 0 Å². The average Bonchev–Trinajstić information content (AvgIpc) is 3.03. The summed E-state index contributed by atoms with van der Waals surface area (Å²) in [6.07, 6.45) is 1.69.